The number of hydrogen-bond acceptors (Lipinski definition) is 3. The van der Waals surface area contributed by atoms with E-state index < -0.39 is 0 Å². The summed E-state index contributed by atoms with van der Waals surface area (Å²) in [6.07, 6.45) is 0. The van der Waals surface area contributed by atoms with Gasteiger partial charge in [-0.3, -0.25) is 4.79 Å². The molecule has 2 N–H and O–H groups in total. The van der Waals surface area contributed by atoms with Crippen LogP contribution in [0.25, 0.3) is 0 Å². The molecule has 1 fully saturated rings. The molecule has 0 spiro atoms. The first-order chi connectivity index (χ1) is 9.54. The summed E-state index contributed by atoms with van der Waals surface area (Å²) in [5.74, 6) is 5.78. The first-order valence-corrected chi connectivity index (χ1v) is 6.73. The van der Waals surface area contributed by atoms with Crippen molar-refractivity contribution in [3.63, 3.8) is 0 Å². The summed E-state index contributed by atoms with van der Waals surface area (Å²) in [4.78, 5) is 14.4. The smallest absolute Gasteiger partial charge is 0.254 e. The van der Waals surface area contributed by atoms with Crippen LogP contribution in [0.15, 0.2) is 24.3 Å². The molecule has 106 valence electrons. The second-order valence-electron chi connectivity index (χ2n) is 5.41. The molecule has 0 aliphatic carbocycles. The third-order valence-corrected chi connectivity index (χ3v) is 3.36. The van der Waals surface area contributed by atoms with Gasteiger partial charge in [0.25, 0.3) is 5.91 Å². The summed E-state index contributed by atoms with van der Waals surface area (Å²) in [5, 5.41) is 0. The van der Waals surface area contributed by atoms with Crippen LogP contribution < -0.4 is 5.73 Å². The molecule has 1 aliphatic rings. The lowest BCUT2D eigenvalue weighted by atomic mass is 10.0. The number of nitrogens with zero attached hydrogens (tertiary/aromatic N) is 1. The number of nitrogens with two attached hydrogens (primary N) is 1. The van der Waals surface area contributed by atoms with Crippen molar-refractivity contribution in [3.8, 4) is 11.8 Å². The summed E-state index contributed by atoms with van der Waals surface area (Å²) in [7, 11) is 0. The molecule has 1 heterocycles. The van der Waals surface area contributed by atoms with Crippen LogP contribution in [0.1, 0.15) is 29.8 Å². The molecule has 2 rings (SSSR count). The van der Waals surface area contributed by atoms with Crippen molar-refractivity contribution >= 4 is 5.91 Å². The van der Waals surface area contributed by atoms with Crippen molar-refractivity contribution in [1.29, 1.82) is 0 Å². The second kappa shape index (κ2) is 6.08. The summed E-state index contributed by atoms with van der Waals surface area (Å²) in [5.41, 5.74) is 6.61. The molecule has 1 saturated heterocycles. The lowest BCUT2D eigenvalue weighted by Crippen LogP contribution is -2.55. The Kier molecular flexibility index (Phi) is 4.43. The Hall–Kier alpha value is -1.83. The molecular weight excluding hydrogens is 252 g/mol. The molecule has 4 nitrogen and oxygen atoms in total. The van der Waals surface area contributed by atoms with Gasteiger partial charge in [-0.2, -0.15) is 0 Å². The summed E-state index contributed by atoms with van der Waals surface area (Å²) < 4.78 is 5.44. The topological polar surface area (TPSA) is 55.6 Å². The van der Waals surface area contributed by atoms with Crippen LogP contribution in [-0.2, 0) is 4.74 Å². The van der Waals surface area contributed by atoms with Gasteiger partial charge < -0.3 is 15.4 Å². The molecular formula is C16H20N2O2. The van der Waals surface area contributed by atoms with Crippen molar-refractivity contribution in [2.45, 2.75) is 19.4 Å². The Morgan fingerprint density at radius 3 is 2.70 bits per heavy atom. The summed E-state index contributed by atoms with van der Waals surface area (Å²) in [6, 6.07) is 7.33. The summed E-state index contributed by atoms with van der Waals surface area (Å²) in [6.45, 7) is 6.16. The van der Waals surface area contributed by atoms with Crippen molar-refractivity contribution < 1.29 is 9.53 Å². The van der Waals surface area contributed by atoms with Gasteiger partial charge in [-0.1, -0.05) is 11.8 Å². The van der Waals surface area contributed by atoms with E-state index in [1.165, 1.54) is 0 Å². The highest BCUT2D eigenvalue weighted by Gasteiger charge is 2.34. The van der Waals surface area contributed by atoms with E-state index in [1.807, 2.05) is 43.0 Å². The molecule has 4 heteroatoms. The number of ether oxygens (including phenoxy) is 1. The SMILES string of the molecule is CC1(C)COCCN1C(=O)c1ccc(C#CCN)cc1. The Morgan fingerprint density at radius 2 is 2.10 bits per heavy atom. The maximum absolute atomic E-state index is 12.6. The van der Waals surface area contributed by atoms with Crippen LogP contribution >= 0.6 is 0 Å². The van der Waals surface area contributed by atoms with Gasteiger partial charge in [0.15, 0.2) is 0 Å². The first kappa shape index (κ1) is 14.6. The fraction of sp³-hybridized carbons (Fsp3) is 0.438. The largest absolute Gasteiger partial charge is 0.377 e. The molecule has 0 saturated carbocycles. The van der Waals surface area contributed by atoms with Crippen LogP contribution in [-0.4, -0.2) is 42.6 Å². The number of benzene rings is 1. The van der Waals surface area contributed by atoms with E-state index in [0.29, 0.717) is 31.9 Å². The minimum atomic E-state index is -0.270. The Morgan fingerprint density at radius 1 is 1.40 bits per heavy atom. The lowest BCUT2D eigenvalue weighted by molar-refractivity contribution is -0.0370. The third-order valence-electron chi connectivity index (χ3n) is 3.36. The van der Waals surface area contributed by atoms with Crippen LogP contribution in [0.3, 0.4) is 0 Å². The van der Waals surface area contributed by atoms with Crippen molar-refractivity contribution in [2.75, 3.05) is 26.3 Å². The predicted molar refractivity (Wildman–Crippen MR) is 78.3 cm³/mol. The van der Waals surface area contributed by atoms with Gasteiger partial charge in [-0.25, -0.2) is 0 Å². The fourth-order valence-electron chi connectivity index (χ4n) is 2.24. The second-order valence-corrected chi connectivity index (χ2v) is 5.41. The highest BCUT2D eigenvalue weighted by atomic mass is 16.5. The zero-order chi connectivity index (χ0) is 14.6. The number of morpholine rings is 1. The van der Waals surface area contributed by atoms with Crippen LogP contribution in [0.5, 0.6) is 0 Å². The van der Waals surface area contributed by atoms with E-state index in [4.69, 9.17) is 10.5 Å². The van der Waals surface area contributed by atoms with Gasteiger partial charge in [-0.05, 0) is 38.1 Å². The minimum Gasteiger partial charge on any atom is -0.377 e. The quantitative estimate of drug-likeness (QED) is 0.783. The van der Waals surface area contributed by atoms with Crippen molar-refractivity contribution in [3.05, 3.63) is 35.4 Å². The Labute approximate surface area is 119 Å². The van der Waals surface area contributed by atoms with E-state index in [-0.39, 0.29) is 11.4 Å². The van der Waals surface area contributed by atoms with Gasteiger partial charge >= 0.3 is 0 Å². The molecule has 0 bridgehead atoms. The number of carbonyl (C=O) groups is 1. The summed E-state index contributed by atoms with van der Waals surface area (Å²) >= 11 is 0. The molecule has 0 aromatic heterocycles. The Bertz CT molecular complexity index is 538. The van der Waals surface area contributed by atoms with Gasteiger partial charge in [-0.15, -0.1) is 0 Å². The maximum Gasteiger partial charge on any atom is 0.254 e. The van der Waals surface area contributed by atoms with Crippen LogP contribution in [0.2, 0.25) is 0 Å². The standard InChI is InChI=1S/C16H20N2O2/c1-16(2)12-20-11-10-18(16)15(19)14-7-5-13(6-8-14)4-3-9-17/h5-8H,9-12,17H2,1-2H3. The molecule has 20 heavy (non-hydrogen) atoms. The highest BCUT2D eigenvalue weighted by molar-refractivity contribution is 5.94. The maximum atomic E-state index is 12.6. The molecule has 1 aliphatic heterocycles. The molecule has 0 radical (unpaired) electrons. The zero-order valence-corrected chi connectivity index (χ0v) is 12.0. The third kappa shape index (κ3) is 3.19. The molecule has 1 aromatic carbocycles. The van der Waals surface area contributed by atoms with E-state index in [9.17, 15) is 4.79 Å². The van der Waals surface area contributed by atoms with Crippen molar-refractivity contribution in [2.24, 2.45) is 5.73 Å². The van der Waals surface area contributed by atoms with E-state index in [1.54, 1.807) is 0 Å². The number of hydrogen-bond donors (Lipinski definition) is 1. The molecule has 1 amide bonds. The van der Waals surface area contributed by atoms with E-state index in [2.05, 4.69) is 11.8 Å². The van der Waals surface area contributed by atoms with E-state index in [0.717, 1.165) is 5.56 Å². The average molecular weight is 272 g/mol. The van der Waals surface area contributed by atoms with Crippen molar-refractivity contribution in [1.82, 2.24) is 4.90 Å². The molecule has 0 unspecified atom stereocenters. The average Bonchev–Trinajstić information content (AvgIpc) is 2.44. The minimum absolute atomic E-state index is 0.0386. The molecule has 0 atom stereocenters. The lowest BCUT2D eigenvalue weighted by Gasteiger charge is -2.42. The fourth-order valence-corrected chi connectivity index (χ4v) is 2.24. The van der Waals surface area contributed by atoms with Gasteiger partial charge in [0, 0.05) is 17.7 Å². The number of carbonyl (C=O) groups excluding carboxylic acids is 1. The number of amides is 1. The van der Waals surface area contributed by atoms with Gasteiger partial charge in [0.05, 0.1) is 25.3 Å². The zero-order valence-electron chi connectivity index (χ0n) is 12.0. The monoisotopic (exact) mass is 272 g/mol. The van der Waals surface area contributed by atoms with Crippen LogP contribution in [0, 0.1) is 11.8 Å². The Balaban J connectivity index is 2.16. The van der Waals surface area contributed by atoms with Gasteiger partial charge in [0.1, 0.15) is 0 Å². The highest BCUT2D eigenvalue weighted by Crippen LogP contribution is 2.21. The van der Waals surface area contributed by atoms with Gasteiger partial charge in [0.2, 0.25) is 0 Å². The van der Waals surface area contributed by atoms with E-state index >= 15 is 0 Å². The first-order valence-electron chi connectivity index (χ1n) is 6.73. The molecule has 1 aromatic rings. The van der Waals surface area contributed by atoms with Crippen LogP contribution in [0.4, 0.5) is 0 Å². The normalized spacial score (nSPS) is 17.2. The predicted octanol–water partition coefficient (Wildman–Crippen LogP) is 1.25. The number of rotatable bonds is 1.